The highest BCUT2D eigenvalue weighted by Gasteiger charge is 2.32. The summed E-state index contributed by atoms with van der Waals surface area (Å²) < 4.78 is 14.4. The zero-order valence-electron chi connectivity index (χ0n) is 14.1. The van der Waals surface area contributed by atoms with Crippen LogP contribution in [0.25, 0.3) is 0 Å². The lowest BCUT2D eigenvalue weighted by molar-refractivity contribution is 0.592. The second-order valence-corrected chi connectivity index (χ2v) is 9.30. The van der Waals surface area contributed by atoms with Crippen LogP contribution in [-0.4, -0.2) is 0 Å². The zero-order valence-corrected chi connectivity index (χ0v) is 15.7. The number of benzene rings is 3. The van der Waals surface area contributed by atoms with Gasteiger partial charge in [0.25, 0.3) is 0 Å². The summed E-state index contributed by atoms with van der Waals surface area (Å²) in [6.45, 7) is 6.15. The first-order chi connectivity index (χ1) is 11.4. The van der Waals surface area contributed by atoms with Crippen molar-refractivity contribution in [3.8, 4) is 0 Å². The molecule has 0 aliphatic rings. The first-order valence-corrected chi connectivity index (χ1v) is 10.0. The molecule has 3 heteroatoms. The Labute approximate surface area is 148 Å². The zero-order chi connectivity index (χ0) is 17.3. The molecule has 0 aliphatic carbocycles. The molecule has 0 bridgehead atoms. The van der Waals surface area contributed by atoms with Crippen molar-refractivity contribution >= 4 is 34.7 Å². The Morgan fingerprint density at radius 3 is 1.79 bits per heavy atom. The Morgan fingerprint density at radius 1 is 0.750 bits per heavy atom. The van der Waals surface area contributed by atoms with Gasteiger partial charge >= 0.3 is 0 Å². The van der Waals surface area contributed by atoms with E-state index in [2.05, 4.69) is 19.1 Å². The minimum Gasteiger partial charge on any atom is -0.309 e. The molecule has 3 rings (SSSR count). The molecule has 1 nitrogen and oxygen atoms in total. The van der Waals surface area contributed by atoms with Crippen LogP contribution in [0.3, 0.4) is 0 Å². The number of aryl methyl sites for hydroxylation is 3. The van der Waals surface area contributed by atoms with E-state index >= 15 is 0 Å². The maximum atomic E-state index is 14.4. The average Bonchev–Trinajstić information content (AvgIpc) is 2.55. The monoisotopic (exact) mass is 354 g/mol. The third kappa shape index (κ3) is 2.95. The third-order valence-electron chi connectivity index (χ3n) is 4.26. The summed E-state index contributed by atoms with van der Waals surface area (Å²) in [4.78, 5) is 0. The molecule has 0 aromatic heterocycles. The van der Waals surface area contributed by atoms with Gasteiger partial charge in [-0.1, -0.05) is 59.6 Å². The normalized spacial score (nSPS) is 13.5. The fraction of sp³-hybridized carbons (Fsp3) is 0.143. The van der Waals surface area contributed by atoms with Crippen LogP contribution in [0, 0.1) is 20.8 Å². The fourth-order valence-electron chi connectivity index (χ4n) is 3.37. The van der Waals surface area contributed by atoms with Crippen molar-refractivity contribution in [3.05, 3.63) is 88.4 Å². The molecule has 0 saturated carbocycles. The van der Waals surface area contributed by atoms with E-state index in [0.717, 1.165) is 27.0 Å². The summed E-state index contributed by atoms with van der Waals surface area (Å²) in [6.07, 6.45) is 0. The SMILES string of the molecule is Cc1cc(C)c(P(=O)(c2ccccc2)c2ccc(Cl)cc2)c(C)c1. The van der Waals surface area contributed by atoms with Gasteiger partial charge in [0, 0.05) is 20.9 Å². The number of hydrogen-bond donors (Lipinski definition) is 0. The van der Waals surface area contributed by atoms with E-state index in [9.17, 15) is 4.57 Å². The van der Waals surface area contributed by atoms with Crippen LogP contribution in [0.15, 0.2) is 66.7 Å². The van der Waals surface area contributed by atoms with E-state index in [1.165, 1.54) is 5.56 Å². The quantitative estimate of drug-likeness (QED) is 0.611. The van der Waals surface area contributed by atoms with Crippen LogP contribution < -0.4 is 15.9 Å². The van der Waals surface area contributed by atoms with Crippen LogP contribution in [0.1, 0.15) is 16.7 Å². The average molecular weight is 355 g/mol. The molecule has 0 spiro atoms. The van der Waals surface area contributed by atoms with Crippen LogP contribution in [0.2, 0.25) is 5.02 Å². The highest BCUT2D eigenvalue weighted by atomic mass is 35.5. The lowest BCUT2D eigenvalue weighted by atomic mass is 10.1. The molecule has 24 heavy (non-hydrogen) atoms. The van der Waals surface area contributed by atoms with E-state index in [1.54, 1.807) is 0 Å². The predicted molar refractivity (Wildman–Crippen MR) is 105 cm³/mol. The van der Waals surface area contributed by atoms with Crippen LogP contribution >= 0.6 is 18.7 Å². The van der Waals surface area contributed by atoms with E-state index in [0.29, 0.717) is 5.02 Å². The minimum atomic E-state index is -2.95. The van der Waals surface area contributed by atoms with Gasteiger partial charge in [0.15, 0.2) is 7.14 Å². The molecule has 1 unspecified atom stereocenters. The molecular formula is C21H20ClOP. The van der Waals surface area contributed by atoms with Gasteiger partial charge in [0.05, 0.1) is 0 Å². The fourth-order valence-corrected chi connectivity index (χ4v) is 6.59. The van der Waals surface area contributed by atoms with Gasteiger partial charge in [0.2, 0.25) is 0 Å². The minimum absolute atomic E-state index is 0.649. The molecule has 3 aromatic carbocycles. The molecule has 0 amide bonds. The first kappa shape index (κ1) is 17.0. The molecule has 0 fully saturated rings. The van der Waals surface area contributed by atoms with Gasteiger partial charge in [-0.15, -0.1) is 0 Å². The lowest BCUT2D eigenvalue weighted by Crippen LogP contribution is -2.28. The van der Waals surface area contributed by atoms with Crippen molar-refractivity contribution in [1.82, 2.24) is 0 Å². The van der Waals surface area contributed by atoms with Gasteiger partial charge in [-0.05, 0) is 56.2 Å². The molecule has 0 aliphatic heterocycles. The summed E-state index contributed by atoms with van der Waals surface area (Å²) >= 11 is 6.05. The Balaban J connectivity index is 2.36. The highest BCUT2D eigenvalue weighted by Crippen LogP contribution is 2.44. The smallest absolute Gasteiger partial charge is 0.171 e. The molecule has 0 saturated heterocycles. The molecule has 3 aromatic rings. The molecule has 1 atom stereocenters. The van der Waals surface area contributed by atoms with E-state index in [-0.39, 0.29) is 0 Å². The van der Waals surface area contributed by atoms with E-state index in [1.807, 2.05) is 68.4 Å². The van der Waals surface area contributed by atoms with Crippen molar-refractivity contribution < 1.29 is 4.57 Å². The topological polar surface area (TPSA) is 17.1 Å². The summed E-state index contributed by atoms with van der Waals surface area (Å²) in [5.74, 6) is 0. The van der Waals surface area contributed by atoms with Crippen LogP contribution in [-0.2, 0) is 4.57 Å². The Morgan fingerprint density at radius 2 is 1.25 bits per heavy atom. The van der Waals surface area contributed by atoms with Gasteiger partial charge < -0.3 is 4.57 Å². The third-order valence-corrected chi connectivity index (χ3v) is 7.90. The lowest BCUT2D eigenvalue weighted by Gasteiger charge is -2.24. The van der Waals surface area contributed by atoms with Crippen LogP contribution in [0.5, 0.6) is 0 Å². The number of rotatable bonds is 3. The van der Waals surface area contributed by atoms with Gasteiger partial charge in [0.1, 0.15) is 0 Å². The van der Waals surface area contributed by atoms with Gasteiger partial charge in [-0.2, -0.15) is 0 Å². The Kier molecular flexibility index (Phi) is 4.67. The largest absolute Gasteiger partial charge is 0.309 e. The van der Waals surface area contributed by atoms with Crippen molar-refractivity contribution in [2.75, 3.05) is 0 Å². The summed E-state index contributed by atoms with van der Waals surface area (Å²) in [6, 6.07) is 21.3. The molecule has 0 radical (unpaired) electrons. The van der Waals surface area contributed by atoms with E-state index < -0.39 is 7.14 Å². The van der Waals surface area contributed by atoms with Crippen molar-refractivity contribution in [2.24, 2.45) is 0 Å². The van der Waals surface area contributed by atoms with Crippen LogP contribution in [0.4, 0.5) is 0 Å². The predicted octanol–water partition coefficient (Wildman–Crippen LogP) is 4.90. The van der Waals surface area contributed by atoms with Crippen molar-refractivity contribution in [2.45, 2.75) is 20.8 Å². The molecular weight excluding hydrogens is 335 g/mol. The van der Waals surface area contributed by atoms with Gasteiger partial charge in [-0.25, -0.2) is 0 Å². The Bertz CT molecular complexity index is 891. The maximum Gasteiger partial charge on any atom is 0.171 e. The maximum absolute atomic E-state index is 14.4. The summed E-state index contributed by atoms with van der Waals surface area (Å²) in [7, 11) is -2.95. The van der Waals surface area contributed by atoms with Gasteiger partial charge in [-0.3, -0.25) is 0 Å². The first-order valence-electron chi connectivity index (χ1n) is 7.93. The summed E-state index contributed by atoms with van der Waals surface area (Å²) in [5, 5.41) is 3.24. The number of hydrogen-bond acceptors (Lipinski definition) is 1. The highest BCUT2D eigenvalue weighted by molar-refractivity contribution is 7.85. The molecule has 122 valence electrons. The number of halogens is 1. The summed E-state index contributed by atoms with van der Waals surface area (Å²) in [5.41, 5.74) is 3.31. The van der Waals surface area contributed by atoms with E-state index in [4.69, 9.17) is 11.6 Å². The second-order valence-electron chi connectivity index (χ2n) is 6.17. The Hall–Kier alpha value is -1.82. The standard InChI is InChI=1S/C21H20ClOP/c1-15-13-16(2)21(17(3)14-15)24(23,19-7-5-4-6-8-19)20-11-9-18(22)10-12-20/h4-14H,1-3H3. The van der Waals surface area contributed by atoms with Crippen molar-refractivity contribution in [3.63, 3.8) is 0 Å². The molecule has 0 heterocycles. The molecule has 0 N–H and O–H groups in total. The second kappa shape index (κ2) is 6.59. The van der Waals surface area contributed by atoms with Crippen molar-refractivity contribution in [1.29, 1.82) is 0 Å².